The predicted octanol–water partition coefficient (Wildman–Crippen LogP) is -0.372. The van der Waals surface area contributed by atoms with Gasteiger partial charge in [0.05, 0.1) is 12.3 Å². The molecular formula is C11H20N4O2. The highest BCUT2D eigenvalue weighted by Crippen LogP contribution is 2.10. The Morgan fingerprint density at radius 1 is 1.53 bits per heavy atom. The molecule has 0 spiro atoms. The Hall–Kier alpha value is -1.40. The molecule has 17 heavy (non-hydrogen) atoms. The first-order valence-electron chi connectivity index (χ1n) is 5.58. The van der Waals surface area contributed by atoms with Gasteiger partial charge in [0.25, 0.3) is 0 Å². The van der Waals surface area contributed by atoms with Gasteiger partial charge in [0.1, 0.15) is 6.61 Å². The van der Waals surface area contributed by atoms with Gasteiger partial charge in [-0.05, 0) is 13.8 Å². The van der Waals surface area contributed by atoms with Crippen molar-refractivity contribution in [3.8, 4) is 0 Å². The molecule has 1 heterocycles. The van der Waals surface area contributed by atoms with Gasteiger partial charge in [-0.2, -0.15) is 5.10 Å². The molecule has 1 aromatic heterocycles. The quantitative estimate of drug-likeness (QED) is 0.637. The van der Waals surface area contributed by atoms with Crippen LogP contribution in [0.5, 0.6) is 0 Å². The lowest BCUT2D eigenvalue weighted by atomic mass is 10.2. The summed E-state index contributed by atoms with van der Waals surface area (Å²) in [7, 11) is 1.93. The number of carbonyl (C=O) groups excluding carboxylic acids is 1. The van der Waals surface area contributed by atoms with Gasteiger partial charge in [-0.3, -0.25) is 9.48 Å². The molecule has 0 unspecified atom stereocenters. The van der Waals surface area contributed by atoms with Crippen molar-refractivity contribution >= 4 is 5.91 Å². The third-order valence-corrected chi connectivity index (χ3v) is 2.63. The van der Waals surface area contributed by atoms with Gasteiger partial charge in [0, 0.05) is 31.4 Å². The second-order valence-corrected chi connectivity index (χ2v) is 3.97. The Morgan fingerprint density at radius 3 is 2.76 bits per heavy atom. The van der Waals surface area contributed by atoms with Crippen LogP contribution in [0.2, 0.25) is 0 Å². The monoisotopic (exact) mass is 240 g/mol. The van der Waals surface area contributed by atoms with Gasteiger partial charge in [0.15, 0.2) is 0 Å². The van der Waals surface area contributed by atoms with Crippen molar-refractivity contribution < 1.29 is 9.53 Å². The van der Waals surface area contributed by atoms with E-state index in [2.05, 4.69) is 10.4 Å². The summed E-state index contributed by atoms with van der Waals surface area (Å²) in [5.41, 5.74) is 8.35. The number of nitrogens with two attached hydrogens (primary N) is 1. The standard InChI is InChI=1S/C11H20N4O2/c1-8-10(9(2)15(3)14-8)6-13-4-5-17-7-11(12)16/h13H,4-7H2,1-3H3,(H2,12,16). The lowest BCUT2D eigenvalue weighted by Crippen LogP contribution is -2.24. The molecule has 0 aliphatic carbocycles. The van der Waals surface area contributed by atoms with Gasteiger partial charge >= 0.3 is 0 Å². The molecule has 96 valence electrons. The van der Waals surface area contributed by atoms with E-state index in [0.29, 0.717) is 13.2 Å². The van der Waals surface area contributed by atoms with E-state index in [1.54, 1.807) is 0 Å². The van der Waals surface area contributed by atoms with Crippen molar-refractivity contribution in [1.82, 2.24) is 15.1 Å². The fourth-order valence-electron chi connectivity index (χ4n) is 1.60. The third kappa shape index (κ3) is 4.16. The molecule has 0 saturated heterocycles. The first kappa shape index (κ1) is 13.7. The Kier molecular flexibility index (Phi) is 5.11. The largest absolute Gasteiger partial charge is 0.370 e. The number of aromatic nitrogens is 2. The topological polar surface area (TPSA) is 82.2 Å². The number of rotatable bonds is 7. The molecule has 0 aliphatic heterocycles. The zero-order valence-electron chi connectivity index (χ0n) is 10.6. The Labute approximate surface area is 101 Å². The number of primary amides is 1. The van der Waals surface area contributed by atoms with E-state index in [1.807, 2.05) is 25.6 Å². The maximum atomic E-state index is 10.4. The summed E-state index contributed by atoms with van der Waals surface area (Å²) in [6.07, 6.45) is 0. The molecule has 1 rings (SSSR count). The first-order chi connectivity index (χ1) is 8.02. The van der Waals surface area contributed by atoms with Crippen molar-refractivity contribution in [2.24, 2.45) is 12.8 Å². The average Bonchev–Trinajstić information content (AvgIpc) is 2.48. The van der Waals surface area contributed by atoms with E-state index in [1.165, 1.54) is 5.56 Å². The molecular weight excluding hydrogens is 220 g/mol. The summed E-state index contributed by atoms with van der Waals surface area (Å²) >= 11 is 0. The van der Waals surface area contributed by atoms with Crippen LogP contribution in [0.1, 0.15) is 17.0 Å². The Bertz CT molecular complexity index is 387. The summed E-state index contributed by atoms with van der Waals surface area (Å²) in [6, 6.07) is 0. The van der Waals surface area contributed by atoms with Crippen LogP contribution in [0.15, 0.2) is 0 Å². The van der Waals surface area contributed by atoms with Gasteiger partial charge in [-0.15, -0.1) is 0 Å². The van der Waals surface area contributed by atoms with E-state index in [0.717, 1.165) is 17.9 Å². The molecule has 0 aromatic carbocycles. The fraction of sp³-hybridized carbons (Fsp3) is 0.636. The molecule has 0 saturated carbocycles. The Morgan fingerprint density at radius 2 is 2.24 bits per heavy atom. The number of amides is 1. The minimum atomic E-state index is -0.441. The fourth-order valence-corrected chi connectivity index (χ4v) is 1.60. The summed E-state index contributed by atoms with van der Waals surface area (Å²) in [5.74, 6) is -0.441. The first-order valence-corrected chi connectivity index (χ1v) is 5.58. The van der Waals surface area contributed by atoms with Crippen LogP contribution in [0, 0.1) is 13.8 Å². The zero-order valence-corrected chi connectivity index (χ0v) is 10.6. The minimum absolute atomic E-state index is 0.0212. The molecule has 3 N–H and O–H groups in total. The van der Waals surface area contributed by atoms with Crippen molar-refractivity contribution in [2.45, 2.75) is 20.4 Å². The van der Waals surface area contributed by atoms with E-state index in [9.17, 15) is 4.79 Å². The molecule has 1 aromatic rings. The molecule has 6 nitrogen and oxygen atoms in total. The van der Waals surface area contributed by atoms with Crippen LogP contribution < -0.4 is 11.1 Å². The van der Waals surface area contributed by atoms with Crippen molar-refractivity contribution in [2.75, 3.05) is 19.8 Å². The maximum absolute atomic E-state index is 10.4. The number of ether oxygens (including phenoxy) is 1. The second kappa shape index (κ2) is 6.36. The van der Waals surface area contributed by atoms with Crippen molar-refractivity contribution in [3.63, 3.8) is 0 Å². The molecule has 0 bridgehead atoms. The molecule has 6 heteroatoms. The highest BCUT2D eigenvalue weighted by molar-refractivity contribution is 5.74. The number of carbonyl (C=O) groups is 1. The summed E-state index contributed by atoms with van der Waals surface area (Å²) in [6.45, 7) is 5.93. The van der Waals surface area contributed by atoms with E-state index in [4.69, 9.17) is 10.5 Å². The molecule has 0 fully saturated rings. The van der Waals surface area contributed by atoms with Crippen LogP contribution >= 0.6 is 0 Å². The highest BCUT2D eigenvalue weighted by Gasteiger charge is 2.07. The van der Waals surface area contributed by atoms with Gasteiger partial charge in [0.2, 0.25) is 5.91 Å². The number of nitrogens with one attached hydrogen (secondary N) is 1. The van der Waals surface area contributed by atoms with Crippen LogP contribution in [0.25, 0.3) is 0 Å². The van der Waals surface area contributed by atoms with Gasteiger partial charge in [-0.1, -0.05) is 0 Å². The van der Waals surface area contributed by atoms with Gasteiger partial charge < -0.3 is 15.8 Å². The van der Waals surface area contributed by atoms with Crippen molar-refractivity contribution in [3.05, 3.63) is 17.0 Å². The number of nitrogens with zero attached hydrogens (tertiary/aromatic N) is 2. The van der Waals surface area contributed by atoms with E-state index in [-0.39, 0.29) is 6.61 Å². The normalized spacial score (nSPS) is 10.8. The van der Waals surface area contributed by atoms with Crippen LogP contribution in [-0.4, -0.2) is 35.4 Å². The maximum Gasteiger partial charge on any atom is 0.243 e. The van der Waals surface area contributed by atoms with Crippen LogP contribution in [0.3, 0.4) is 0 Å². The lowest BCUT2D eigenvalue weighted by Gasteiger charge is -2.05. The van der Waals surface area contributed by atoms with E-state index < -0.39 is 5.91 Å². The second-order valence-electron chi connectivity index (χ2n) is 3.97. The molecule has 0 aliphatic rings. The highest BCUT2D eigenvalue weighted by atomic mass is 16.5. The van der Waals surface area contributed by atoms with Crippen LogP contribution in [-0.2, 0) is 23.1 Å². The lowest BCUT2D eigenvalue weighted by molar-refractivity contribution is -0.122. The summed E-state index contributed by atoms with van der Waals surface area (Å²) < 4.78 is 6.91. The SMILES string of the molecule is Cc1nn(C)c(C)c1CNCCOCC(N)=O. The van der Waals surface area contributed by atoms with Crippen LogP contribution in [0.4, 0.5) is 0 Å². The molecule has 0 radical (unpaired) electrons. The number of hydrogen-bond acceptors (Lipinski definition) is 4. The average molecular weight is 240 g/mol. The summed E-state index contributed by atoms with van der Waals surface area (Å²) in [4.78, 5) is 10.4. The Balaban J connectivity index is 2.24. The smallest absolute Gasteiger partial charge is 0.243 e. The molecule has 0 atom stereocenters. The number of hydrogen-bond donors (Lipinski definition) is 2. The van der Waals surface area contributed by atoms with Crippen molar-refractivity contribution in [1.29, 1.82) is 0 Å². The van der Waals surface area contributed by atoms with Gasteiger partial charge in [-0.25, -0.2) is 0 Å². The summed E-state index contributed by atoms with van der Waals surface area (Å²) in [5, 5.41) is 7.57. The minimum Gasteiger partial charge on any atom is -0.370 e. The molecule has 1 amide bonds. The number of aryl methyl sites for hydroxylation is 2. The zero-order chi connectivity index (χ0) is 12.8. The predicted molar refractivity (Wildman–Crippen MR) is 64.4 cm³/mol. The van der Waals surface area contributed by atoms with E-state index >= 15 is 0 Å². The third-order valence-electron chi connectivity index (χ3n) is 2.63.